The zero-order valence-electron chi connectivity index (χ0n) is 25.8. The first-order valence-electron chi connectivity index (χ1n) is 15.4. The molecule has 5 aromatic heterocycles. The fourth-order valence-electron chi connectivity index (χ4n) is 5.75. The van der Waals surface area contributed by atoms with Crippen LogP contribution in [-0.2, 0) is 0 Å². The maximum absolute atomic E-state index is 8.52. The smallest absolute Gasteiger partial charge is 0.179 e. The Hall–Kier alpha value is -5.88. The normalized spacial score (nSPS) is 12.1. The summed E-state index contributed by atoms with van der Waals surface area (Å²) in [6.45, 7) is 3.71. The Morgan fingerprint density at radius 2 is 1.22 bits per heavy atom. The summed E-state index contributed by atoms with van der Waals surface area (Å²) < 4.78 is 8.52. The minimum Gasteiger partial charge on any atom is -0.255 e. The monoisotopic (exact) mass is 581 g/mol. The second-order valence-corrected chi connectivity index (χ2v) is 11.2. The highest BCUT2D eigenvalue weighted by Crippen LogP contribution is 2.35. The van der Waals surface area contributed by atoms with Gasteiger partial charge in [0.2, 0.25) is 0 Å². The molecule has 0 aliphatic rings. The Labute approximate surface area is 262 Å². The molecule has 0 spiro atoms. The highest BCUT2D eigenvalue weighted by atomic mass is 14.9. The predicted octanol–water partition coefficient (Wildman–Crippen LogP) is 9.31. The lowest BCUT2D eigenvalue weighted by Crippen LogP contribution is -1.99. The van der Waals surface area contributed by atoms with Crippen LogP contribution < -0.4 is 0 Å². The molecule has 0 bridgehead atoms. The molecule has 0 aliphatic heterocycles. The molecule has 6 heteroatoms. The molecule has 0 saturated heterocycles. The van der Waals surface area contributed by atoms with Crippen LogP contribution in [0.5, 0.6) is 0 Å². The summed E-state index contributed by atoms with van der Waals surface area (Å²) in [4.78, 5) is 29.2. The lowest BCUT2D eigenvalue weighted by molar-refractivity contribution is 0.830. The summed E-state index contributed by atoms with van der Waals surface area (Å²) >= 11 is 0. The van der Waals surface area contributed by atoms with Crippen LogP contribution in [0.1, 0.15) is 26.8 Å². The third-order valence-corrected chi connectivity index (χ3v) is 8.03. The summed E-state index contributed by atoms with van der Waals surface area (Å²) in [6.07, 6.45) is 3.53. The number of hydrogen-bond acceptors (Lipinski definition) is 6. The van der Waals surface area contributed by atoms with Gasteiger partial charge in [-0.25, -0.2) is 15.0 Å². The van der Waals surface area contributed by atoms with E-state index < -0.39 is 5.89 Å². The lowest BCUT2D eigenvalue weighted by Gasteiger charge is -2.13. The highest BCUT2D eigenvalue weighted by Gasteiger charge is 2.17. The van der Waals surface area contributed by atoms with Gasteiger partial charge in [0, 0.05) is 46.7 Å². The van der Waals surface area contributed by atoms with Gasteiger partial charge in [-0.15, -0.1) is 0 Å². The Morgan fingerprint density at radius 1 is 0.533 bits per heavy atom. The third-order valence-electron chi connectivity index (χ3n) is 8.03. The van der Waals surface area contributed by atoms with E-state index in [0.29, 0.717) is 11.5 Å². The van der Waals surface area contributed by atoms with Crippen LogP contribution in [0.3, 0.4) is 0 Å². The number of rotatable bonds is 5. The van der Waals surface area contributed by atoms with Gasteiger partial charge < -0.3 is 0 Å². The van der Waals surface area contributed by atoms with E-state index in [2.05, 4.69) is 64.6 Å². The molecule has 6 nitrogen and oxygen atoms in total. The van der Waals surface area contributed by atoms with E-state index in [-0.39, 0.29) is 0 Å². The molecule has 5 heterocycles. The van der Waals surface area contributed by atoms with Crippen molar-refractivity contribution in [3.8, 4) is 45.3 Å². The fraction of sp³-hybridized carbons (Fsp3) is 0.0769. The van der Waals surface area contributed by atoms with E-state index >= 15 is 0 Å². The Kier molecular flexibility index (Phi) is 6.26. The molecule has 0 saturated carbocycles. The number of aromatic nitrogens is 6. The third kappa shape index (κ3) is 4.86. The van der Waals surface area contributed by atoms with Crippen LogP contribution >= 0.6 is 0 Å². The van der Waals surface area contributed by atoms with Crippen LogP contribution in [0.4, 0.5) is 0 Å². The van der Waals surface area contributed by atoms with E-state index in [9.17, 15) is 0 Å². The first-order valence-corrected chi connectivity index (χ1v) is 14.9. The molecule has 0 atom stereocenters. The van der Waals surface area contributed by atoms with E-state index in [0.717, 1.165) is 72.2 Å². The quantitative estimate of drug-likeness (QED) is 0.189. The van der Waals surface area contributed by atoms with Crippen molar-refractivity contribution in [1.29, 1.82) is 0 Å². The van der Waals surface area contributed by atoms with Crippen molar-refractivity contribution in [3.63, 3.8) is 0 Å². The SMILES string of the molecule is [2H]C(C)(C)c1ccc2ccc3ccc(-c4cccc(-c5cccc6c(-c7ccccn7)nc(-c7ccccn7)nc56)c4)nc3c2n1. The number of fused-ring (bicyclic) bond motifs is 4. The van der Waals surface area contributed by atoms with Crippen molar-refractivity contribution < 1.29 is 1.37 Å². The van der Waals surface area contributed by atoms with Gasteiger partial charge in [-0.1, -0.05) is 86.6 Å². The molecular formula is C39H28N6. The van der Waals surface area contributed by atoms with Crippen LogP contribution in [-0.4, -0.2) is 29.9 Å². The van der Waals surface area contributed by atoms with Gasteiger partial charge in [0.05, 0.1) is 27.9 Å². The molecule has 214 valence electrons. The number of benzene rings is 3. The van der Waals surface area contributed by atoms with Gasteiger partial charge in [-0.05, 0) is 53.9 Å². The average molecular weight is 582 g/mol. The average Bonchev–Trinajstić information content (AvgIpc) is 3.10. The second kappa shape index (κ2) is 11.0. The van der Waals surface area contributed by atoms with E-state index in [1.165, 1.54) is 0 Å². The van der Waals surface area contributed by atoms with Gasteiger partial charge >= 0.3 is 0 Å². The number of pyridine rings is 4. The van der Waals surface area contributed by atoms with Crippen LogP contribution in [0.25, 0.3) is 78.0 Å². The van der Waals surface area contributed by atoms with Crippen molar-refractivity contribution in [2.24, 2.45) is 0 Å². The zero-order chi connectivity index (χ0) is 31.3. The van der Waals surface area contributed by atoms with Gasteiger partial charge in [-0.2, -0.15) is 0 Å². The summed E-state index contributed by atoms with van der Waals surface area (Å²) in [7, 11) is 0. The summed E-state index contributed by atoms with van der Waals surface area (Å²) in [5.41, 5.74) is 9.22. The maximum atomic E-state index is 8.52. The molecule has 0 radical (unpaired) electrons. The van der Waals surface area contributed by atoms with E-state index in [1.54, 1.807) is 12.4 Å². The van der Waals surface area contributed by atoms with Crippen molar-refractivity contribution in [1.82, 2.24) is 29.9 Å². The molecule has 8 aromatic rings. The largest absolute Gasteiger partial charge is 0.255 e. The van der Waals surface area contributed by atoms with Gasteiger partial charge in [0.25, 0.3) is 0 Å². The number of nitrogens with zero attached hydrogens (tertiary/aromatic N) is 6. The standard InChI is InChI=1S/C39H28N6/c1-24(2)31-19-17-25-15-16-26-18-20-32(43-36(26)35(25)42-31)28-10-7-9-27(23-28)29-11-8-12-30-37(29)44-39(34-14-4-6-22-41-34)45-38(30)33-13-3-5-21-40-33/h3-24H,1-2H3/i24D. The fourth-order valence-corrected chi connectivity index (χ4v) is 5.75. The van der Waals surface area contributed by atoms with Crippen molar-refractivity contribution in [3.05, 3.63) is 133 Å². The Balaban J connectivity index is 1.30. The Bertz CT molecular complexity index is 2400. The van der Waals surface area contributed by atoms with Crippen LogP contribution in [0.15, 0.2) is 128 Å². The maximum Gasteiger partial charge on any atom is 0.179 e. The molecule has 0 aliphatic carbocycles. The first-order chi connectivity index (χ1) is 22.4. The molecule has 0 fully saturated rings. The van der Waals surface area contributed by atoms with Crippen molar-refractivity contribution in [2.75, 3.05) is 0 Å². The molecular weight excluding hydrogens is 552 g/mol. The summed E-state index contributed by atoms with van der Waals surface area (Å²) in [6, 6.07) is 38.4. The lowest BCUT2D eigenvalue weighted by atomic mass is 9.97. The van der Waals surface area contributed by atoms with E-state index in [4.69, 9.17) is 21.3 Å². The predicted molar refractivity (Wildman–Crippen MR) is 182 cm³/mol. The van der Waals surface area contributed by atoms with Crippen LogP contribution in [0.2, 0.25) is 0 Å². The van der Waals surface area contributed by atoms with Gasteiger partial charge in [0.1, 0.15) is 11.4 Å². The minimum atomic E-state index is -0.808. The van der Waals surface area contributed by atoms with Gasteiger partial charge in [0.15, 0.2) is 5.82 Å². The topological polar surface area (TPSA) is 77.3 Å². The van der Waals surface area contributed by atoms with E-state index in [1.807, 2.05) is 74.5 Å². The molecule has 0 N–H and O–H groups in total. The second-order valence-electron chi connectivity index (χ2n) is 11.2. The summed E-state index contributed by atoms with van der Waals surface area (Å²) in [5.74, 6) is -0.264. The van der Waals surface area contributed by atoms with Crippen molar-refractivity contribution >= 4 is 32.7 Å². The zero-order valence-corrected chi connectivity index (χ0v) is 24.8. The number of para-hydroxylation sites is 1. The molecule has 8 rings (SSSR count). The molecule has 45 heavy (non-hydrogen) atoms. The van der Waals surface area contributed by atoms with Gasteiger partial charge in [-0.3, -0.25) is 15.0 Å². The minimum absolute atomic E-state index is 0.545. The molecule has 3 aromatic carbocycles. The first kappa shape index (κ1) is 25.6. The molecule has 0 unspecified atom stereocenters. The summed E-state index contributed by atoms with van der Waals surface area (Å²) in [5, 5.41) is 2.92. The molecule has 0 amide bonds. The highest BCUT2D eigenvalue weighted by molar-refractivity contribution is 6.04. The van der Waals surface area contributed by atoms with Crippen LogP contribution in [0, 0.1) is 0 Å². The Morgan fingerprint density at radius 3 is 1.98 bits per heavy atom. The number of hydrogen-bond donors (Lipinski definition) is 0. The van der Waals surface area contributed by atoms with Crippen molar-refractivity contribution in [2.45, 2.75) is 19.7 Å².